The number of carboxylic acids is 1. The van der Waals surface area contributed by atoms with Gasteiger partial charge in [0.25, 0.3) is 0 Å². The molecule has 0 fully saturated rings. The van der Waals surface area contributed by atoms with Gasteiger partial charge in [0.05, 0.1) is 6.20 Å². The van der Waals surface area contributed by atoms with Crippen LogP contribution in [0.5, 0.6) is 5.75 Å². The predicted molar refractivity (Wildman–Crippen MR) is 99.8 cm³/mol. The summed E-state index contributed by atoms with van der Waals surface area (Å²) in [5.74, 6) is -0.686. The third-order valence-electron chi connectivity index (χ3n) is 4.62. The molecule has 0 unspecified atom stereocenters. The maximum absolute atomic E-state index is 16.6. The van der Waals surface area contributed by atoms with Crippen LogP contribution >= 0.6 is 0 Å². The first-order valence-electron chi connectivity index (χ1n) is 8.28. The van der Waals surface area contributed by atoms with Crippen molar-refractivity contribution in [3.63, 3.8) is 0 Å². The molecule has 0 amide bonds. The molecule has 1 N–H and O–H groups in total. The Morgan fingerprint density at radius 1 is 1.24 bits per heavy atom. The predicted octanol–water partition coefficient (Wildman–Crippen LogP) is 3.76. The van der Waals surface area contributed by atoms with Gasteiger partial charge < -0.3 is 18.5 Å². The van der Waals surface area contributed by atoms with Crippen LogP contribution in [-0.2, 0) is 11.8 Å². The summed E-state index contributed by atoms with van der Waals surface area (Å²) in [5.41, 5.74) is 0.667. The molecule has 0 bridgehead atoms. The number of hydrogen-bond donors (Lipinski definition) is 1. The van der Waals surface area contributed by atoms with E-state index < -0.39 is 31.1 Å². The molecular weight excluding hydrogens is 339 g/mol. The van der Waals surface area contributed by atoms with E-state index in [0.717, 1.165) is 5.39 Å². The van der Waals surface area contributed by atoms with Crippen LogP contribution in [0.1, 0.15) is 41.5 Å². The average molecular weight is 367 g/mol. The number of hydrogen-bond acceptors (Lipinski definition) is 3. The number of aromatic nitrogens is 2. The number of rotatable bonds is 4. The lowest BCUT2D eigenvalue weighted by Crippen LogP contribution is -2.60. The van der Waals surface area contributed by atoms with E-state index in [2.05, 4.69) is 4.98 Å². The van der Waals surface area contributed by atoms with Crippen molar-refractivity contribution in [2.45, 2.75) is 51.6 Å². The van der Waals surface area contributed by atoms with Crippen LogP contribution in [0, 0.1) is 0 Å². The summed E-state index contributed by atoms with van der Waals surface area (Å²) in [6.07, 6.45) is 1.48. The van der Waals surface area contributed by atoms with E-state index in [4.69, 9.17) is 9.84 Å². The van der Waals surface area contributed by atoms with Crippen LogP contribution in [0.15, 0.2) is 18.3 Å². The lowest BCUT2D eigenvalue weighted by atomic mass is 10.2. The molecule has 2 heterocycles. The number of carboxylic acid groups (broad SMARTS) is 1. The molecule has 2 aromatic rings. The minimum Gasteiger partial charge on any atom is -0.480 e. The van der Waals surface area contributed by atoms with E-state index >= 15 is 4.11 Å². The van der Waals surface area contributed by atoms with Crippen molar-refractivity contribution in [2.75, 3.05) is 6.61 Å². The Labute approximate surface area is 149 Å². The number of pyridine rings is 1. The molecule has 0 radical (unpaired) electrons. The zero-order valence-corrected chi connectivity index (χ0v) is 17.0. The van der Waals surface area contributed by atoms with Crippen molar-refractivity contribution in [1.29, 1.82) is 0 Å². The standard InChI is InChI=1S/C18H27FN2O3Si/c1-17(2,3)25(19,18(4,5)6)14-9-12-8-13(24-11-15(22)23)10-20-16(12)21(14)7/h8-10H,11H2,1-7H3,(H,22,23). The highest BCUT2D eigenvalue weighted by atomic mass is 28.4. The van der Waals surface area contributed by atoms with Gasteiger partial charge in [0, 0.05) is 17.8 Å². The second-order valence-corrected chi connectivity index (χ2v) is 13.3. The minimum absolute atomic E-state index is 0.365. The van der Waals surface area contributed by atoms with Crippen molar-refractivity contribution in [2.24, 2.45) is 7.05 Å². The number of aryl methyl sites for hydroxylation is 1. The monoisotopic (exact) mass is 366 g/mol. The first-order valence-corrected chi connectivity index (χ1v) is 10.2. The summed E-state index contributed by atoms with van der Waals surface area (Å²) in [6, 6.07) is 3.56. The third kappa shape index (κ3) is 3.29. The normalized spacial score (nSPS) is 13.3. The summed E-state index contributed by atoms with van der Waals surface area (Å²) in [4.78, 5) is 15.0. The molecule has 0 saturated carbocycles. The Morgan fingerprint density at radius 3 is 2.28 bits per heavy atom. The topological polar surface area (TPSA) is 64.3 Å². The van der Waals surface area contributed by atoms with Crippen LogP contribution in [0.2, 0.25) is 10.1 Å². The number of carbonyl (C=O) groups is 1. The lowest BCUT2D eigenvalue weighted by molar-refractivity contribution is -0.139. The maximum atomic E-state index is 16.6. The Kier molecular flexibility index (Phi) is 4.76. The number of nitrogens with zero attached hydrogens (tertiary/aromatic N) is 2. The highest BCUT2D eigenvalue weighted by Crippen LogP contribution is 2.51. The molecule has 0 aliphatic rings. The largest absolute Gasteiger partial charge is 0.480 e. The van der Waals surface area contributed by atoms with Gasteiger partial charge in [-0.25, -0.2) is 9.78 Å². The zero-order chi connectivity index (χ0) is 19.2. The average Bonchev–Trinajstić information content (AvgIpc) is 2.78. The van der Waals surface area contributed by atoms with Crippen LogP contribution in [0.25, 0.3) is 11.0 Å². The van der Waals surface area contributed by atoms with Gasteiger partial charge in [-0.1, -0.05) is 41.5 Å². The Morgan fingerprint density at radius 2 is 1.80 bits per heavy atom. The smallest absolute Gasteiger partial charge is 0.341 e. The van der Waals surface area contributed by atoms with Gasteiger partial charge in [-0.2, -0.15) is 0 Å². The van der Waals surface area contributed by atoms with Gasteiger partial charge in [-0.3, -0.25) is 0 Å². The molecular formula is C18H27FN2O3Si. The summed E-state index contributed by atoms with van der Waals surface area (Å²) in [6.45, 7) is 11.3. The summed E-state index contributed by atoms with van der Waals surface area (Å²) in [5, 5.41) is 9.19. The van der Waals surface area contributed by atoms with Crippen LogP contribution in [0.3, 0.4) is 0 Å². The molecule has 0 saturated heterocycles. The van der Waals surface area contributed by atoms with Crippen LogP contribution in [0.4, 0.5) is 4.11 Å². The molecule has 0 spiro atoms. The molecule has 0 aliphatic heterocycles. The van der Waals surface area contributed by atoms with Gasteiger partial charge in [-0.05, 0) is 22.2 Å². The van der Waals surface area contributed by atoms with Gasteiger partial charge in [0.2, 0.25) is 0 Å². The van der Waals surface area contributed by atoms with Gasteiger partial charge in [0.1, 0.15) is 11.4 Å². The van der Waals surface area contributed by atoms with Crippen molar-refractivity contribution in [3.05, 3.63) is 18.3 Å². The van der Waals surface area contributed by atoms with Crippen molar-refractivity contribution in [3.8, 4) is 5.75 Å². The van der Waals surface area contributed by atoms with Crippen molar-refractivity contribution < 1.29 is 18.7 Å². The fourth-order valence-electron chi connectivity index (χ4n) is 3.65. The molecule has 7 heteroatoms. The van der Waals surface area contributed by atoms with E-state index in [9.17, 15) is 4.79 Å². The highest BCUT2D eigenvalue weighted by molar-refractivity contribution is 6.90. The number of ether oxygens (including phenoxy) is 1. The van der Waals surface area contributed by atoms with E-state index in [1.807, 2.05) is 59.2 Å². The van der Waals surface area contributed by atoms with Crippen LogP contribution < -0.4 is 10.1 Å². The Bertz CT molecular complexity index is 789. The summed E-state index contributed by atoms with van der Waals surface area (Å²) >= 11 is 0. The molecule has 5 nitrogen and oxygen atoms in total. The molecule has 25 heavy (non-hydrogen) atoms. The fourth-order valence-corrected chi connectivity index (χ4v) is 8.36. The Balaban J connectivity index is 2.62. The number of fused-ring (bicyclic) bond motifs is 1. The quantitative estimate of drug-likeness (QED) is 0.661. The second-order valence-electron chi connectivity index (χ2n) is 8.51. The zero-order valence-electron chi connectivity index (χ0n) is 16.0. The van der Waals surface area contributed by atoms with Gasteiger partial charge in [0.15, 0.2) is 6.61 Å². The van der Waals surface area contributed by atoms with E-state index in [1.165, 1.54) is 6.20 Å². The SMILES string of the molecule is Cn1c([Si](F)(C(C)(C)C)C(C)(C)C)cc2cc(OCC(=O)O)cnc21. The van der Waals surface area contributed by atoms with Crippen molar-refractivity contribution >= 4 is 30.7 Å². The first-order chi connectivity index (χ1) is 11.3. The molecule has 0 aliphatic carbocycles. The van der Waals surface area contributed by atoms with E-state index in [0.29, 0.717) is 16.7 Å². The van der Waals surface area contributed by atoms with Crippen molar-refractivity contribution in [1.82, 2.24) is 9.55 Å². The minimum atomic E-state index is -3.42. The second kappa shape index (κ2) is 6.12. The maximum Gasteiger partial charge on any atom is 0.341 e. The number of aliphatic carboxylic acids is 1. The molecule has 2 aromatic heterocycles. The van der Waals surface area contributed by atoms with E-state index in [-0.39, 0.29) is 0 Å². The molecule has 0 atom stereocenters. The third-order valence-corrected chi connectivity index (χ3v) is 9.94. The van der Waals surface area contributed by atoms with Crippen LogP contribution in [-0.4, -0.2) is 35.6 Å². The summed E-state index contributed by atoms with van der Waals surface area (Å²) in [7, 11) is -1.59. The van der Waals surface area contributed by atoms with Gasteiger partial charge in [-0.15, -0.1) is 0 Å². The Hall–Kier alpha value is -1.89. The van der Waals surface area contributed by atoms with E-state index in [1.54, 1.807) is 6.07 Å². The molecule has 2 rings (SSSR count). The first kappa shape index (κ1) is 19.4. The molecule has 0 aromatic carbocycles. The highest BCUT2D eigenvalue weighted by Gasteiger charge is 2.58. The fraction of sp³-hybridized carbons (Fsp3) is 0.556. The van der Waals surface area contributed by atoms with Gasteiger partial charge >= 0.3 is 14.4 Å². The summed E-state index contributed by atoms with van der Waals surface area (Å²) < 4.78 is 23.6. The number of halogens is 1. The molecule has 138 valence electrons. The lowest BCUT2D eigenvalue weighted by Gasteiger charge is -2.44.